The van der Waals surface area contributed by atoms with Crippen molar-refractivity contribution in [1.29, 1.82) is 0 Å². The minimum absolute atomic E-state index is 0.0193. The molecule has 8 amide bonds. The number of hydrogen-bond acceptors (Lipinski definition) is 11. The van der Waals surface area contributed by atoms with Gasteiger partial charge in [0.15, 0.2) is 0 Å². The molecule has 3 saturated carbocycles. The molecule has 1 aliphatic heterocycles. The normalized spacial score (nSPS) is 22.1. The van der Waals surface area contributed by atoms with Gasteiger partial charge >= 0.3 is 5.97 Å². The molecule has 4 fully saturated rings. The lowest BCUT2D eigenvalue weighted by Gasteiger charge is -2.36. The van der Waals surface area contributed by atoms with Crippen molar-refractivity contribution in [2.75, 3.05) is 13.1 Å². The fraction of sp³-hybridized carbons (Fsp3) is 0.717. The summed E-state index contributed by atoms with van der Waals surface area (Å²) >= 11 is 0. The van der Waals surface area contributed by atoms with E-state index in [1.165, 1.54) is 30.1 Å². The second-order valence-electron chi connectivity index (χ2n) is 24.6. The van der Waals surface area contributed by atoms with Crippen LogP contribution in [0, 0.1) is 29.6 Å². The molecule has 1 aromatic heterocycles. The molecule has 0 spiro atoms. The van der Waals surface area contributed by atoms with Crippen LogP contribution in [0.2, 0.25) is 0 Å². The van der Waals surface area contributed by atoms with E-state index in [1.807, 2.05) is 26.0 Å². The van der Waals surface area contributed by atoms with Crippen LogP contribution in [-0.2, 0) is 43.2 Å². The smallest absolute Gasteiger partial charge is 0.326 e. The zero-order valence-electron chi connectivity index (χ0n) is 48.9. The third kappa shape index (κ3) is 18.0. The maximum absolute atomic E-state index is 15.0. The zero-order valence-corrected chi connectivity index (χ0v) is 48.9. The van der Waals surface area contributed by atoms with E-state index in [-0.39, 0.29) is 43.7 Å². The van der Waals surface area contributed by atoms with E-state index in [0.717, 1.165) is 57.8 Å². The molecule has 21 heteroatoms. The zero-order chi connectivity index (χ0) is 59.1. The number of likely N-dealkylation sites (tertiary alicyclic amines) is 1. The van der Waals surface area contributed by atoms with Crippen LogP contribution in [0.4, 0.5) is 0 Å². The molecule has 81 heavy (non-hydrogen) atoms. The Labute approximate surface area is 477 Å². The molecule has 3 aliphatic carbocycles. The number of carbonyl (C=O) groups is 9. The number of nitrogens with one attached hydrogen (secondary N) is 7. The average Bonchev–Trinajstić information content (AvgIpc) is 4.15. The van der Waals surface area contributed by atoms with Crippen LogP contribution < -0.4 is 37.6 Å². The number of rotatable bonds is 26. The van der Waals surface area contributed by atoms with E-state index < -0.39 is 120 Å². The summed E-state index contributed by atoms with van der Waals surface area (Å²) in [6, 6.07) is -2.78. The quantitative estimate of drug-likeness (QED) is 0.0618. The second-order valence-corrected chi connectivity index (χ2v) is 24.6. The molecule has 2 aromatic rings. The van der Waals surface area contributed by atoms with Crippen LogP contribution in [-0.4, -0.2) is 146 Å². The predicted molar refractivity (Wildman–Crippen MR) is 306 cm³/mol. The number of fused-ring (bicyclic) bond motifs is 1. The summed E-state index contributed by atoms with van der Waals surface area (Å²) in [6.45, 7) is 12.2. The number of aliphatic carboxylic acids is 1. The van der Waals surface area contributed by atoms with Crippen molar-refractivity contribution >= 4 is 64.1 Å². The monoisotopic (exact) mass is 1130 g/mol. The van der Waals surface area contributed by atoms with Crippen LogP contribution in [0.5, 0.6) is 0 Å². The molecule has 4 aliphatic rings. The van der Waals surface area contributed by atoms with E-state index in [1.54, 1.807) is 39.1 Å². The van der Waals surface area contributed by atoms with Crippen molar-refractivity contribution in [3.05, 3.63) is 36.0 Å². The highest BCUT2D eigenvalue weighted by Gasteiger charge is 2.41. The number of carbonyl (C=O) groups excluding carboxylic acids is 8. The summed E-state index contributed by atoms with van der Waals surface area (Å²) in [6.07, 6.45) is 15.0. The third-order valence-corrected chi connectivity index (χ3v) is 17.3. The fourth-order valence-corrected chi connectivity index (χ4v) is 12.5. The van der Waals surface area contributed by atoms with Crippen LogP contribution >= 0.6 is 0 Å². The summed E-state index contributed by atoms with van der Waals surface area (Å²) in [5.74, 6) is -6.03. The van der Waals surface area contributed by atoms with Crippen molar-refractivity contribution < 1.29 is 53.4 Å². The molecule has 11 N–H and O–H groups in total. The Morgan fingerprint density at radius 1 is 0.642 bits per heavy atom. The maximum atomic E-state index is 15.0. The van der Waals surface area contributed by atoms with Gasteiger partial charge in [0, 0.05) is 35.8 Å². The van der Waals surface area contributed by atoms with Gasteiger partial charge < -0.3 is 62.6 Å². The first-order valence-corrected chi connectivity index (χ1v) is 30.2. The molecular formula is C60H94N10O11. The molecule has 1 aromatic carbocycles. The molecule has 1 saturated heterocycles. The number of benzene rings is 1. The molecular weight excluding hydrogens is 1040 g/mol. The number of carboxylic acids is 1. The highest BCUT2D eigenvalue weighted by atomic mass is 16.4. The van der Waals surface area contributed by atoms with Gasteiger partial charge in [0.25, 0.3) is 0 Å². The highest BCUT2D eigenvalue weighted by Crippen LogP contribution is 2.31. The Morgan fingerprint density at radius 2 is 1.25 bits per heavy atom. The summed E-state index contributed by atoms with van der Waals surface area (Å²) in [5, 5.41) is 37.8. The summed E-state index contributed by atoms with van der Waals surface area (Å²) in [4.78, 5) is 132. The third-order valence-electron chi connectivity index (χ3n) is 17.3. The topological polar surface area (TPSA) is 315 Å². The van der Waals surface area contributed by atoms with Crippen LogP contribution in [0.15, 0.2) is 30.5 Å². The highest BCUT2D eigenvalue weighted by molar-refractivity contribution is 6.00. The number of nitrogens with two attached hydrogens (primary N) is 1. The van der Waals surface area contributed by atoms with Gasteiger partial charge in [-0.25, -0.2) is 4.79 Å². The number of amides is 8. The predicted octanol–water partition coefficient (Wildman–Crippen LogP) is 4.60. The van der Waals surface area contributed by atoms with Crippen molar-refractivity contribution in [3.8, 4) is 0 Å². The average molecular weight is 1130 g/mol. The number of H-pyrrole nitrogens is 1. The molecule has 2 heterocycles. The Kier molecular flexibility index (Phi) is 24.0. The van der Waals surface area contributed by atoms with Gasteiger partial charge in [0.1, 0.15) is 48.3 Å². The van der Waals surface area contributed by atoms with Gasteiger partial charge in [-0.15, -0.1) is 0 Å². The number of aliphatic hydroxyl groups excluding tert-OH is 1. The number of carboxylic acid groups (broad SMARTS) is 1. The lowest BCUT2D eigenvalue weighted by Crippen LogP contribution is -2.59. The van der Waals surface area contributed by atoms with Crippen molar-refractivity contribution in [3.63, 3.8) is 0 Å². The number of aliphatic hydroxyl groups is 1. The number of para-hydroxylation sites is 1. The Morgan fingerprint density at radius 3 is 1.88 bits per heavy atom. The molecule has 9 unspecified atom stereocenters. The molecule has 21 nitrogen and oxygen atoms in total. The Bertz CT molecular complexity index is 2480. The van der Waals surface area contributed by atoms with Crippen LogP contribution in [0.1, 0.15) is 182 Å². The maximum Gasteiger partial charge on any atom is 0.326 e. The first kappa shape index (κ1) is 64.1. The molecule has 6 rings (SSSR count). The molecule has 0 bridgehead atoms. The largest absolute Gasteiger partial charge is 0.480 e. The van der Waals surface area contributed by atoms with Gasteiger partial charge in [-0.2, -0.15) is 0 Å². The first-order valence-electron chi connectivity index (χ1n) is 30.2. The Balaban J connectivity index is 1.20. The SMILES string of the molecule is CC(C)CC(NC(=O)C(N)CC1CCCCC1)C(=O)NC(C)C(=O)N1CCCC1C(=O)NC(CC1CCC(O)CC1)C(=O)NC(C(=O)NC(C)C(=O)N(CC1CCCCC1)C(C)C(=O)NC(C(=O)O)C(C)C)c1c[nH]c2ccccc12. The van der Waals surface area contributed by atoms with Gasteiger partial charge in [0.2, 0.25) is 47.3 Å². The van der Waals surface area contributed by atoms with E-state index in [0.29, 0.717) is 67.3 Å². The van der Waals surface area contributed by atoms with Crippen molar-refractivity contribution in [2.45, 2.75) is 231 Å². The lowest BCUT2D eigenvalue weighted by atomic mass is 9.83. The van der Waals surface area contributed by atoms with E-state index in [4.69, 9.17) is 5.73 Å². The number of aromatic nitrogens is 1. The van der Waals surface area contributed by atoms with Gasteiger partial charge in [-0.1, -0.05) is 97.3 Å². The molecule has 450 valence electrons. The standard InChI is InChI=1S/C60H94N10O11/c1-34(2)29-47(65-53(73)45(61)30-39-17-10-8-11-18-39)54(74)63-36(5)58(78)69-28-16-23-49(69)56(76)66-48(31-40-24-26-42(71)27-25-40)55(75)68-51(44-32-62-46-22-15-14-21-43(44)46)57(77)64-37(6)59(79)70(33-41-19-12-9-13-20-41)38(7)52(72)67-50(35(3)4)60(80)81/h14-15,21-22,32,34-42,45,47-51,62,71H,8-13,16-20,23-31,33,61H2,1-7H3,(H,63,74)(H,64,77)(H,65,73)(H,66,76)(H,67,72)(H,68,75)(H,80,81). The first-order chi connectivity index (χ1) is 38.5. The lowest BCUT2D eigenvalue weighted by molar-refractivity contribution is -0.147. The van der Waals surface area contributed by atoms with Crippen molar-refractivity contribution in [1.82, 2.24) is 46.7 Å². The van der Waals surface area contributed by atoms with Crippen LogP contribution in [0.3, 0.4) is 0 Å². The van der Waals surface area contributed by atoms with E-state index in [9.17, 15) is 53.4 Å². The molecule has 0 radical (unpaired) electrons. The van der Waals surface area contributed by atoms with Gasteiger partial charge in [0.05, 0.1) is 12.1 Å². The number of nitrogens with zero attached hydrogens (tertiary/aromatic N) is 2. The number of hydrogen-bond donors (Lipinski definition) is 10. The minimum atomic E-state index is -1.42. The Hall–Kier alpha value is -6.09. The summed E-state index contributed by atoms with van der Waals surface area (Å²) in [7, 11) is 0. The van der Waals surface area contributed by atoms with Gasteiger partial charge in [-0.05, 0) is 127 Å². The van der Waals surface area contributed by atoms with Gasteiger partial charge in [-0.3, -0.25) is 38.4 Å². The van der Waals surface area contributed by atoms with Crippen LogP contribution in [0.25, 0.3) is 10.9 Å². The molecule has 9 atom stereocenters. The number of aromatic amines is 1. The van der Waals surface area contributed by atoms with E-state index >= 15 is 0 Å². The summed E-state index contributed by atoms with van der Waals surface area (Å²) in [5.41, 5.74) is 7.40. The summed E-state index contributed by atoms with van der Waals surface area (Å²) < 4.78 is 0. The van der Waals surface area contributed by atoms with E-state index in [2.05, 4.69) is 36.9 Å². The minimum Gasteiger partial charge on any atom is -0.480 e. The fourth-order valence-electron chi connectivity index (χ4n) is 12.5. The van der Waals surface area contributed by atoms with Crippen molar-refractivity contribution in [2.24, 2.45) is 35.3 Å². The second kappa shape index (κ2) is 30.3.